The summed E-state index contributed by atoms with van der Waals surface area (Å²) in [6.45, 7) is 24.4. The molecule has 3 rings (SSSR count). The number of hydrogen-bond acceptors (Lipinski definition) is 6. The van der Waals surface area contributed by atoms with Crippen molar-refractivity contribution >= 4 is 28.0 Å². The summed E-state index contributed by atoms with van der Waals surface area (Å²) in [6.07, 6.45) is 4.01. The van der Waals surface area contributed by atoms with Gasteiger partial charge in [-0.2, -0.15) is 4.98 Å². The Labute approximate surface area is 191 Å². The van der Waals surface area contributed by atoms with E-state index in [0.29, 0.717) is 17.9 Å². The quantitative estimate of drug-likeness (QED) is 0.416. The molecule has 8 heteroatoms. The number of aryl methyl sites for hydroxylation is 1. The molecule has 0 radical (unpaired) electrons. The molecular weight excluding hydrogens is 405 g/mol. The van der Waals surface area contributed by atoms with E-state index in [2.05, 4.69) is 96.8 Å². The third-order valence-corrected chi connectivity index (χ3v) is 7.04. The van der Waals surface area contributed by atoms with Gasteiger partial charge in [0, 0.05) is 41.8 Å². The molecule has 7 nitrogen and oxygen atoms in total. The highest BCUT2D eigenvalue weighted by atomic mass is 31.0. The van der Waals surface area contributed by atoms with E-state index >= 15 is 0 Å². The van der Waals surface area contributed by atoms with Gasteiger partial charge in [-0.25, -0.2) is 4.58 Å². The summed E-state index contributed by atoms with van der Waals surface area (Å²) in [6, 6.07) is 0.580. The summed E-state index contributed by atoms with van der Waals surface area (Å²) in [5.41, 5.74) is 0.172. The van der Waals surface area contributed by atoms with E-state index in [1.807, 2.05) is 11.5 Å². The summed E-state index contributed by atoms with van der Waals surface area (Å²) >= 11 is 0. The summed E-state index contributed by atoms with van der Waals surface area (Å²) < 4.78 is 4.17. The molecule has 0 aromatic carbocycles. The maximum absolute atomic E-state index is 4.88. The first-order valence-corrected chi connectivity index (χ1v) is 11.9. The Morgan fingerprint density at radius 2 is 1.29 bits per heavy atom. The summed E-state index contributed by atoms with van der Waals surface area (Å²) in [7, 11) is 2.87. The van der Waals surface area contributed by atoms with E-state index in [-0.39, 0.29) is 28.2 Å². The minimum absolute atomic E-state index is 0.0339. The molecule has 1 unspecified atom stereocenters. The normalized spacial score (nSPS) is 25.2. The number of piperidine rings is 2. The smallest absolute Gasteiger partial charge is 0.308 e. The van der Waals surface area contributed by atoms with Crippen LogP contribution in [0, 0.1) is 6.92 Å². The van der Waals surface area contributed by atoms with E-state index < -0.39 is 0 Å². The minimum Gasteiger partial charge on any atom is -0.308 e. The zero-order chi connectivity index (χ0) is 23.4. The predicted molar refractivity (Wildman–Crippen MR) is 132 cm³/mol. The van der Waals surface area contributed by atoms with E-state index in [0.717, 1.165) is 31.5 Å². The molecule has 1 aromatic rings. The van der Waals surface area contributed by atoms with Crippen LogP contribution in [0.4, 0.5) is 11.9 Å². The van der Waals surface area contributed by atoms with Crippen LogP contribution in [0.5, 0.6) is 0 Å². The Morgan fingerprint density at radius 1 is 0.839 bits per heavy atom. The van der Waals surface area contributed by atoms with Gasteiger partial charge in [-0.15, -0.1) is 0 Å². The standard InChI is InChI=1S/C23H43N7P/c1-15-24-18(29(10)16-11-20(2,3)27-21(4,5)12-16)26-19(25-15)30(31)17-13-22(6,7)28-23(8,9)14-17/h16-17,27-28H,10-14,31H2,1-9H3/q+1. The van der Waals surface area contributed by atoms with Crippen LogP contribution in [0.15, 0.2) is 0 Å². The molecule has 2 saturated heterocycles. The molecule has 0 bridgehead atoms. The average Bonchev–Trinajstić information content (AvgIpc) is 2.54. The highest BCUT2D eigenvalue weighted by molar-refractivity contribution is 7.19. The van der Waals surface area contributed by atoms with Gasteiger partial charge < -0.3 is 15.3 Å². The van der Waals surface area contributed by atoms with Crippen LogP contribution < -0.4 is 15.3 Å². The third kappa shape index (κ3) is 6.00. The van der Waals surface area contributed by atoms with Crippen molar-refractivity contribution in [1.29, 1.82) is 0 Å². The molecule has 0 aliphatic carbocycles. The summed E-state index contributed by atoms with van der Waals surface area (Å²) in [5.74, 6) is 2.08. The lowest BCUT2D eigenvalue weighted by atomic mass is 9.79. The van der Waals surface area contributed by atoms with Crippen molar-refractivity contribution < 1.29 is 4.58 Å². The third-order valence-electron chi connectivity index (χ3n) is 6.38. The van der Waals surface area contributed by atoms with Crippen molar-refractivity contribution in [3.05, 3.63) is 5.82 Å². The van der Waals surface area contributed by atoms with Crippen molar-refractivity contribution in [2.45, 2.75) is 122 Å². The lowest BCUT2D eigenvalue weighted by Crippen LogP contribution is -2.61. The maximum atomic E-state index is 4.88. The number of rotatable bonds is 4. The van der Waals surface area contributed by atoms with Crippen LogP contribution in [0.3, 0.4) is 0 Å². The van der Waals surface area contributed by atoms with Gasteiger partial charge in [0.25, 0.3) is 0 Å². The number of aromatic nitrogens is 3. The molecule has 31 heavy (non-hydrogen) atoms. The minimum atomic E-state index is 0.0339. The second kappa shape index (κ2) is 8.00. The topological polar surface area (TPSA) is 69.0 Å². The predicted octanol–water partition coefficient (Wildman–Crippen LogP) is 3.74. The van der Waals surface area contributed by atoms with Crippen LogP contribution in [0.2, 0.25) is 0 Å². The number of nitrogens with one attached hydrogen (secondary N) is 2. The maximum Gasteiger partial charge on any atom is 0.437 e. The fraction of sp³-hybridized carbons (Fsp3) is 0.826. The molecule has 3 heterocycles. The molecule has 2 fully saturated rings. The van der Waals surface area contributed by atoms with Gasteiger partial charge >= 0.3 is 11.9 Å². The molecule has 1 aromatic heterocycles. The number of hydrogen-bond donors (Lipinski definition) is 2. The Balaban J connectivity index is 1.87. The van der Waals surface area contributed by atoms with Crippen molar-refractivity contribution in [1.82, 2.24) is 25.6 Å². The first-order valence-electron chi connectivity index (χ1n) is 11.4. The lowest BCUT2D eigenvalue weighted by Gasteiger charge is -2.48. The van der Waals surface area contributed by atoms with E-state index in [4.69, 9.17) is 4.98 Å². The summed E-state index contributed by atoms with van der Waals surface area (Å²) in [4.78, 5) is 14.2. The van der Waals surface area contributed by atoms with Crippen LogP contribution in [-0.2, 0) is 0 Å². The molecule has 2 aliphatic rings. The van der Waals surface area contributed by atoms with Crippen LogP contribution in [0.25, 0.3) is 0 Å². The molecule has 174 valence electrons. The highest BCUT2D eigenvalue weighted by Gasteiger charge is 2.43. The molecule has 2 aliphatic heterocycles. The van der Waals surface area contributed by atoms with Crippen molar-refractivity contribution in [2.75, 3.05) is 4.67 Å². The Morgan fingerprint density at radius 3 is 1.77 bits per heavy atom. The molecule has 0 saturated carbocycles. The van der Waals surface area contributed by atoms with Gasteiger partial charge in [-0.3, -0.25) is 0 Å². The number of nitrogens with zero attached hydrogens (tertiary/aromatic N) is 5. The second-order valence-electron chi connectivity index (χ2n) is 12.3. The van der Waals surface area contributed by atoms with Crippen molar-refractivity contribution in [3.63, 3.8) is 0 Å². The van der Waals surface area contributed by atoms with E-state index in [1.54, 1.807) is 0 Å². The van der Waals surface area contributed by atoms with E-state index in [1.165, 1.54) is 0 Å². The fourth-order valence-corrected chi connectivity index (χ4v) is 6.30. The Bertz CT molecular complexity index is 814. The zero-order valence-corrected chi connectivity index (χ0v) is 22.2. The van der Waals surface area contributed by atoms with Crippen LogP contribution in [-0.4, -0.2) is 60.5 Å². The SMILES string of the molecule is C=[N+](c1nc(C)nc(N(P)C2CC(C)(C)NC(C)(C)C2)n1)C1CC(C)(C)NC(C)(C)C1. The molecule has 0 amide bonds. The van der Waals surface area contributed by atoms with Crippen molar-refractivity contribution in [3.8, 4) is 0 Å². The largest absolute Gasteiger partial charge is 0.437 e. The molecular formula is C23H43N7P+. The number of anilines is 1. The molecule has 2 N–H and O–H groups in total. The zero-order valence-electron chi connectivity index (χ0n) is 21.0. The molecule has 1 atom stereocenters. The van der Waals surface area contributed by atoms with Crippen LogP contribution in [0.1, 0.15) is 86.9 Å². The first kappa shape index (κ1) is 24.5. The van der Waals surface area contributed by atoms with Gasteiger partial charge in [0.15, 0.2) is 0 Å². The molecule has 0 spiro atoms. The fourth-order valence-electron chi connectivity index (χ4n) is 5.98. The lowest BCUT2D eigenvalue weighted by molar-refractivity contribution is -0.493. The second-order valence-corrected chi connectivity index (χ2v) is 12.8. The summed E-state index contributed by atoms with van der Waals surface area (Å²) in [5, 5.41) is 7.50. The van der Waals surface area contributed by atoms with Gasteiger partial charge in [0.1, 0.15) is 0 Å². The first-order chi connectivity index (χ1) is 14.0. The van der Waals surface area contributed by atoms with E-state index in [9.17, 15) is 0 Å². The van der Waals surface area contributed by atoms with Gasteiger partial charge in [-0.05, 0) is 95.4 Å². The van der Waals surface area contributed by atoms with Gasteiger partial charge in [0.05, 0.1) is 6.04 Å². The average molecular weight is 449 g/mol. The Hall–Kier alpha value is -1.17. The highest BCUT2D eigenvalue weighted by Crippen LogP contribution is 2.36. The van der Waals surface area contributed by atoms with Gasteiger partial charge in [-0.1, -0.05) is 4.98 Å². The Kier molecular flexibility index (Phi) is 6.32. The van der Waals surface area contributed by atoms with Gasteiger partial charge in [0.2, 0.25) is 5.82 Å². The van der Waals surface area contributed by atoms with Crippen molar-refractivity contribution in [2.24, 2.45) is 0 Å². The monoisotopic (exact) mass is 448 g/mol. The van der Waals surface area contributed by atoms with Crippen LogP contribution >= 0.6 is 9.39 Å².